The molecule has 0 unspecified atom stereocenters. The monoisotopic (exact) mass is 765 g/mol. The second-order valence-electron chi connectivity index (χ2n) is 12.5. The minimum Gasteiger partial charge on any atom is -0.490 e. The molecule has 4 aromatic rings. The van der Waals surface area contributed by atoms with Crippen LogP contribution in [0.3, 0.4) is 0 Å². The van der Waals surface area contributed by atoms with Gasteiger partial charge in [0.25, 0.3) is 5.91 Å². The third-order valence-corrected chi connectivity index (χ3v) is 8.24. The number of aliphatic hydroxyl groups excluding tert-OH is 1. The highest BCUT2D eigenvalue weighted by atomic mass is 35.5. The first-order valence-electron chi connectivity index (χ1n) is 16.4. The first-order valence-corrected chi connectivity index (χ1v) is 16.8. The Kier molecular flexibility index (Phi) is 13.8. The SMILES string of the molecule is CN(C)Cc1ccc(Oc2ccc(Cl)c(C(F)(F)F)c2)cc1.C[C@@H](CO)N1CCCOc2c(NC(=O)Cc3ccc(C(F)(F)F)cc3)cccc2C1=O. The number of nitrogens with zero attached hydrogens (tertiary/aromatic N) is 2. The van der Waals surface area contributed by atoms with Crippen LogP contribution in [0.4, 0.5) is 32.0 Å². The molecule has 53 heavy (non-hydrogen) atoms. The number of carbonyl (C=O) groups excluding carboxylic acids is 2. The summed E-state index contributed by atoms with van der Waals surface area (Å²) in [6.07, 6.45) is -8.52. The molecule has 0 bridgehead atoms. The zero-order chi connectivity index (χ0) is 38.9. The Morgan fingerprint density at radius 1 is 0.943 bits per heavy atom. The fraction of sp³-hybridized carbons (Fsp3) is 0.316. The molecule has 2 amide bonds. The summed E-state index contributed by atoms with van der Waals surface area (Å²) >= 11 is 5.57. The van der Waals surface area contributed by atoms with Crippen LogP contribution in [0.5, 0.6) is 17.2 Å². The molecule has 0 fully saturated rings. The van der Waals surface area contributed by atoms with Gasteiger partial charge >= 0.3 is 12.4 Å². The molecule has 0 aromatic heterocycles. The number of nitrogens with one attached hydrogen (secondary N) is 1. The summed E-state index contributed by atoms with van der Waals surface area (Å²) in [5.74, 6) is 0.0417. The molecular weight excluding hydrogens is 728 g/mol. The highest BCUT2D eigenvalue weighted by Crippen LogP contribution is 2.38. The van der Waals surface area contributed by atoms with Crippen LogP contribution in [-0.2, 0) is 30.1 Å². The Balaban J connectivity index is 0.000000251. The summed E-state index contributed by atoms with van der Waals surface area (Å²) in [5.41, 5.74) is 0.396. The molecule has 1 aliphatic rings. The number of alkyl halides is 6. The molecule has 2 N–H and O–H groups in total. The van der Waals surface area contributed by atoms with Gasteiger partial charge in [0.15, 0.2) is 5.75 Å². The number of carbonyl (C=O) groups is 2. The van der Waals surface area contributed by atoms with E-state index in [1.54, 1.807) is 42.2 Å². The van der Waals surface area contributed by atoms with Gasteiger partial charge in [-0.2, -0.15) is 26.3 Å². The van der Waals surface area contributed by atoms with Crippen molar-refractivity contribution in [3.63, 3.8) is 0 Å². The van der Waals surface area contributed by atoms with Crippen molar-refractivity contribution in [1.82, 2.24) is 9.80 Å². The first kappa shape index (κ1) is 41.0. The lowest BCUT2D eigenvalue weighted by Crippen LogP contribution is -2.42. The number of hydrogen-bond donors (Lipinski definition) is 2. The lowest BCUT2D eigenvalue weighted by molar-refractivity contribution is -0.138. The van der Waals surface area contributed by atoms with Gasteiger partial charge in [0.2, 0.25) is 5.91 Å². The highest BCUT2D eigenvalue weighted by Gasteiger charge is 2.34. The van der Waals surface area contributed by atoms with Gasteiger partial charge in [-0.15, -0.1) is 0 Å². The predicted molar refractivity (Wildman–Crippen MR) is 188 cm³/mol. The fourth-order valence-electron chi connectivity index (χ4n) is 5.28. The summed E-state index contributed by atoms with van der Waals surface area (Å²) in [5, 5.41) is 11.8. The number of anilines is 1. The molecule has 4 aromatic carbocycles. The number of ether oxygens (including phenoxy) is 2. The number of benzene rings is 4. The first-order chi connectivity index (χ1) is 25.0. The number of para-hydroxylation sites is 1. The minimum absolute atomic E-state index is 0.0945. The molecule has 284 valence electrons. The Hall–Kier alpha value is -4.79. The van der Waals surface area contributed by atoms with Crippen molar-refractivity contribution in [2.45, 2.75) is 44.7 Å². The van der Waals surface area contributed by atoms with Crippen LogP contribution in [0.15, 0.2) is 84.9 Å². The molecule has 0 saturated heterocycles. The largest absolute Gasteiger partial charge is 0.490 e. The van der Waals surface area contributed by atoms with Gasteiger partial charge in [0, 0.05) is 13.1 Å². The van der Waals surface area contributed by atoms with Crippen molar-refractivity contribution in [3.8, 4) is 17.2 Å². The molecule has 15 heteroatoms. The van der Waals surface area contributed by atoms with E-state index in [0.29, 0.717) is 36.6 Å². The van der Waals surface area contributed by atoms with Gasteiger partial charge in [0.05, 0.1) is 53.1 Å². The summed E-state index contributed by atoms with van der Waals surface area (Å²) in [6, 6.07) is 19.5. The maximum atomic E-state index is 13.0. The third kappa shape index (κ3) is 11.6. The Bertz CT molecular complexity index is 1850. The van der Waals surface area contributed by atoms with E-state index in [0.717, 1.165) is 30.3 Å². The van der Waals surface area contributed by atoms with E-state index in [4.69, 9.17) is 21.1 Å². The average molecular weight is 766 g/mol. The lowest BCUT2D eigenvalue weighted by atomic mass is 10.1. The molecule has 0 radical (unpaired) electrons. The number of aliphatic hydroxyl groups is 1. The van der Waals surface area contributed by atoms with Gasteiger partial charge < -0.3 is 29.7 Å². The molecule has 5 rings (SSSR count). The van der Waals surface area contributed by atoms with Crippen LogP contribution < -0.4 is 14.8 Å². The number of fused-ring (bicyclic) bond motifs is 1. The molecule has 0 aliphatic carbocycles. The van der Waals surface area contributed by atoms with E-state index in [1.165, 1.54) is 24.3 Å². The number of amides is 2. The van der Waals surface area contributed by atoms with Gasteiger partial charge in [0.1, 0.15) is 11.5 Å². The summed E-state index contributed by atoms with van der Waals surface area (Å²) in [7, 11) is 3.91. The summed E-state index contributed by atoms with van der Waals surface area (Å²) in [4.78, 5) is 29.0. The molecule has 0 saturated carbocycles. The second-order valence-corrected chi connectivity index (χ2v) is 12.9. The van der Waals surface area contributed by atoms with E-state index in [9.17, 15) is 41.0 Å². The van der Waals surface area contributed by atoms with Gasteiger partial charge in [-0.1, -0.05) is 41.9 Å². The summed E-state index contributed by atoms with van der Waals surface area (Å²) in [6.45, 7) is 3.10. The van der Waals surface area contributed by atoms with Crippen LogP contribution in [-0.4, -0.2) is 66.6 Å². The van der Waals surface area contributed by atoms with Gasteiger partial charge in [-0.05, 0) is 93.2 Å². The third-order valence-electron chi connectivity index (χ3n) is 7.91. The molecule has 8 nitrogen and oxygen atoms in total. The minimum atomic E-state index is -4.51. The number of halogens is 7. The smallest absolute Gasteiger partial charge is 0.417 e. The van der Waals surface area contributed by atoms with Crippen LogP contribution in [0, 0.1) is 0 Å². The Morgan fingerprint density at radius 2 is 1.58 bits per heavy atom. The van der Waals surface area contributed by atoms with Crippen LogP contribution in [0.1, 0.15) is 46.0 Å². The van der Waals surface area contributed by atoms with E-state index in [-0.39, 0.29) is 47.1 Å². The summed E-state index contributed by atoms with van der Waals surface area (Å²) < 4.78 is 87.7. The van der Waals surface area contributed by atoms with E-state index >= 15 is 0 Å². The van der Waals surface area contributed by atoms with Crippen molar-refractivity contribution in [2.75, 3.05) is 39.2 Å². The zero-order valence-electron chi connectivity index (χ0n) is 29.0. The van der Waals surface area contributed by atoms with Crippen LogP contribution >= 0.6 is 11.6 Å². The topological polar surface area (TPSA) is 91.3 Å². The number of rotatable bonds is 9. The average Bonchev–Trinajstić information content (AvgIpc) is 3.08. The molecule has 1 aliphatic heterocycles. The Labute approximate surface area is 307 Å². The predicted octanol–water partition coefficient (Wildman–Crippen LogP) is 8.70. The van der Waals surface area contributed by atoms with Crippen molar-refractivity contribution in [2.24, 2.45) is 0 Å². The zero-order valence-corrected chi connectivity index (χ0v) is 29.8. The fourth-order valence-corrected chi connectivity index (χ4v) is 5.51. The van der Waals surface area contributed by atoms with E-state index in [1.807, 2.05) is 31.1 Å². The standard InChI is InChI=1S/C22H23F3N2O4.C16H15ClF3NO/c1-14(13-28)27-10-3-11-31-20-17(21(27)30)4-2-5-18(20)26-19(29)12-15-6-8-16(9-7-15)22(23,24)25;1-21(2)10-11-3-5-12(6-4-11)22-13-7-8-15(17)14(9-13)16(18,19)20/h2,4-9,14,28H,3,10-13H2,1H3,(H,26,29);3-9H,10H2,1-2H3/t14-;/m0./s1. The molecular formula is C38H38ClF6N3O5. The Morgan fingerprint density at radius 3 is 2.19 bits per heavy atom. The van der Waals surface area contributed by atoms with Crippen molar-refractivity contribution in [3.05, 3.63) is 118 Å². The maximum absolute atomic E-state index is 13.0. The number of hydrogen-bond acceptors (Lipinski definition) is 6. The molecule has 1 atom stereocenters. The van der Waals surface area contributed by atoms with Gasteiger partial charge in [-0.3, -0.25) is 9.59 Å². The van der Waals surface area contributed by atoms with Crippen LogP contribution in [0.25, 0.3) is 0 Å². The van der Waals surface area contributed by atoms with Crippen molar-refractivity contribution in [1.29, 1.82) is 0 Å². The van der Waals surface area contributed by atoms with E-state index in [2.05, 4.69) is 5.32 Å². The van der Waals surface area contributed by atoms with Crippen LogP contribution in [0.2, 0.25) is 5.02 Å². The maximum Gasteiger partial charge on any atom is 0.417 e. The normalized spacial score (nSPS) is 13.9. The van der Waals surface area contributed by atoms with Crippen molar-refractivity contribution >= 4 is 29.1 Å². The second kappa shape index (κ2) is 17.8. The van der Waals surface area contributed by atoms with Gasteiger partial charge in [-0.25, -0.2) is 0 Å². The lowest BCUT2D eigenvalue weighted by Gasteiger charge is -2.31. The molecule has 1 heterocycles. The highest BCUT2D eigenvalue weighted by molar-refractivity contribution is 6.31. The van der Waals surface area contributed by atoms with E-state index < -0.39 is 29.4 Å². The quantitative estimate of drug-likeness (QED) is 0.166. The molecule has 0 spiro atoms. The van der Waals surface area contributed by atoms with Crippen molar-refractivity contribution < 1.29 is 50.5 Å².